The molecule has 2 heterocycles. The molecule has 0 aromatic carbocycles. The minimum absolute atomic E-state index is 0.270. The van der Waals surface area contributed by atoms with Crippen molar-refractivity contribution in [1.29, 1.82) is 0 Å². The van der Waals surface area contributed by atoms with Crippen LogP contribution in [-0.2, 0) is 34.9 Å². The van der Waals surface area contributed by atoms with E-state index >= 15 is 0 Å². The fourth-order valence-corrected chi connectivity index (χ4v) is 5.96. The van der Waals surface area contributed by atoms with Gasteiger partial charge in [0, 0.05) is 0 Å². The highest BCUT2D eigenvalue weighted by Gasteiger charge is 2.39. The van der Waals surface area contributed by atoms with Gasteiger partial charge in [-0.15, -0.1) is 0 Å². The van der Waals surface area contributed by atoms with E-state index in [1.54, 1.807) is 52.4 Å². The molecule has 38 heavy (non-hydrogen) atoms. The molecule has 0 aliphatic heterocycles. The maximum atomic E-state index is 14.1. The van der Waals surface area contributed by atoms with Crippen molar-refractivity contribution in [2.45, 2.75) is 98.1 Å². The van der Waals surface area contributed by atoms with Crippen molar-refractivity contribution in [3.05, 3.63) is 12.7 Å². The molecule has 0 unspecified atom stereocenters. The molecule has 0 aliphatic rings. The van der Waals surface area contributed by atoms with Gasteiger partial charge in [0.05, 0.1) is 31.7 Å². The number of esters is 2. The van der Waals surface area contributed by atoms with Gasteiger partial charge in [-0.2, -0.15) is 0 Å². The van der Waals surface area contributed by atoms with Gasteiger partial charge in [0.1, 0.15) is 29.8 Å². The van der Waals surface area contributed by atoms with Gasteiger partial charge in [-0.25, -0.2) is 25.1 Å². The molecule has 2 aromatic heterocycles. The Morgan fingerprint density at radius 2 is 1.87 bits per heavy atom. The highest BCUT2D eigenvalue weighted by Crippen LogP contribution is 2.40. The molecule has 0 saturated carbocycles. The number of rotatable bonds is 16. The number of imidazole rings is 1. The van der Waals surface area contributed by atoms with E-state index < -0.39 is 37.1 Å². The summed E-state index contributed by atoms with van der Waals surface area (Å²) in [6.45, 7) is 12.6. The molecule has 0 saturated heterocycles. The lowest BCUT2D eigenvalue weighted by atomic mass is 10.1. The molecule has 0 amide bonds. The van der Waals surface area contributed by atoms with Gasteiger partial charge in [-0.1, -0.05) is 19.8 Å². The summed E-state index contributed by atoms with van der Waals surface area (Å²) in [7, 11) is -3.69. The van der Waals surface area contributed by atoms with Crippen molar-refractivity contribution >= 4 is 36.4 Å². The van der Waals surface area contributed by atoms with Crippen LogP contribution < -0.4 is 15.9 Å². The number of hydrogen-bond donors (Lipinski definition) is 3. The summed E-state index contributed by atoms with van der Waals surface area (Å²) in [6, 6.07) is -0.914. The Morgan fingerprint density at radius 3 is 2.53 bits per heavy atom. The van der Waals surface area contributed by atoms with E-state index in [2.05, 4.69) is 32.1 Å². The van der Waals surface area contributed by atoms with Gasteiger partial charge in [-0.3, -0.25) is 14.2 Å². The lowest BCUT2D eigenvalue weighted by molar-refractivity contribution is -0.153. The second-order valence-corrected chi connectivity index (χ2v) is 12.3. The molecule has 13 nitrogen and oxygen atoms in total. The summed E-state index contributed by atoms with van der Waals surface area (Å²) in [5.41, 5.74) is 5.55. The van der Waals surface area contributed by atoms with Crippen LogP contribution in [0.4, 0.5) is 5.82 Å². The number of hydrogen-bond acceptors (Lipinski definition) is 10. The molecule has 0 fully saturated rings. The standard InChI is InChI=1S/C24H42N7O6P/c1-8-9-10-11-35-22(32)18(5)29-38(34,30-24(6,7)23(33)37-16(2)3)15-36-17(4)12-31-14-28-19-20(25)26-13-27-21(19)31/h13-14,16-18H,8-12,15H2,1-7H3,(H2,25,26,27)(H2,29,30,34)/t17-,18-,38-/m1/s1. The molecule has 0 radical (unpaired) electrons. The first kappa shape index (κ1) is 31.6. The quantitative estimate of drug-likeness (QED) is 0.157. The summed E-state index contributed by atoms with van der Waals surface area (Å²) in [5.74, 6) is -0.855. The molecule has 214 valence electrons. The molecular formula is C24H42N7O6P. The minimum atomic E-state index is -3.69. The number of unbranched alkanes of at least 4 members (excludes halogenated alkanes) is 2. The lowest BCUT2D eigenvalue weighted by Gasteiger charge is -2.32. The third-order valence-corrected chi connectivity index (χ3v) is 7.72. The Morgan fingerprint density at radius 1 is 1.16 bits per heavy atom. The van der Waals surface area contributed by atoms with Crippen molar-refractivity contribution in [3.63, 3.8) is 0 Å². The van der Waals surface area contributed by atoms with Gasteiger partial charge in [0.15, 0.2) is 11.5 Å². The largest absolute Gasteiger partial charge is 0.465 e. The Bertz CT molecular complexity index is 1120. The van der Waals surface area contributed by atoms with Gasteiger partial charge < -0.3 is 24.5 Å². The Labute approximate surface area is 224 Å². The van der Waals surface area contributed by atoms with Crippen LogP contribution in [0.25, 0.3) is 11.2 Å². The Balaban J connectivity index is 2.14. The summed E-state index contributed by atoms with van der Waals surface area (Å²) >= 11 is 0. The summed E-state index contributed by atoms with van der Waals surface area (Å²) < 4.78 is 32.4. The van der Waals surface area contributed by atoms with E-state index in [-0.39, 0.29) is 24.9 Å². The average Bonchev–Trinajstić information content (AvgIpc) is 3.23. The van der Waals surface area contributed by atoms with E-state index in [4.69, 9.17) is 19.9 Å². The van der Waals surface area contributed by atoms with E-state index in [1.807, 2.05) is 0 Å². The number of nitrogens with two attached hydrogens (primary N) is 1. The zero-order valence-corrected chi connectivity index (χ0v) is 24.3. The molecule has 4 N–H and O–H groups in total. The highest BCUT2D eigenvalue weighted by molar-refractivity contribution is 7.59. The summed E-state index contributed by atoms with van der Waals surface area (Å²) in [4.78, 5) is 37.6. The number of anilines is 1. The predicted octanol–water partition coefficient (Wildman–Crippen LogP) is 3.00. The first-order valence-corrected chi connectivity index (χ1v) is 14.7. The molecule has 0 spiro atoms. The second kappa shape index (κ2) is 14.0. The molecule has 3 atom stereocenters. The number of ether oxygens (including phenoxy) is 3. The van der Waals surface area contributed by atoms with Gasteiger partial charge in [0.2, 0.25) is 7.44 Å². The monoisotopic (exact) mass is 555 g/mol. The third-order valence-electron chi connectivity index (χ3n) is 5.49. The maximum absolute atomic E-state index is 14.1. The van der Waals surface area contributed by atoms with Crippen molar-refractivity contribution < 1.29 is 28.4 Å². The fourth-order valence-electron chi connectivity index (χ4n) is 3.57. The van der Waals surface area contributed by atoms with E-state index in [0.29, 0.717) is 17.7 Å². The van der Waals surface area contributed by atoms with Crippen LogP contribution in [0.15, 0.2) is 12.7 Å². The maximum Gasteiger partial charge on any atom is 0.326 e. The lowest BCUT2D eigenvalue weighted by Crippen LogP contribution is -2.50. The molecule has 14 heteroatoms. The number of carbonyl (C=O) groups is 2. The summed E-state index contributed by atoms with van der Waals surface area (Å²) in [5, 5.41) is 5.70. The van der Waals surface area contributed by atoms with Crippen molar-refractivity contribution in [2.24, 2.45) is 0 Å². The molecule has 0 aliphatic carbocycles. The van der Waals surface area contributed by atoms with Crippen molar-refractivity contribution in [2.75, 3.05) is 18.7 Å². The van der Waals surface area contributed by atoms with Gasteiger partial charge in [-0.05, 0) is 48.0 Å². The van der Waals surface area contributed by atoms with Crippen LogP contribution in [0.5, 0.6) is 0 Å². The Hall–Kier alpha value is -2.60. The Kier molecular flexibility index (Phi) is 11.6. The van der Waals surface area contributed by atoms with Crippen molar-refractivity contribution in [3.8, 4) is 0 Å². The average molecular weight is 556 g/mol. The van der Waals surface area contributed by atoms with Crippen LogP contribution in [0.3, 0.4) is 0 Å². The number of fused-ring (bicyclic) bond motifs is 1. The summed E-state index contributed by atoms with van der Waals surface area (Å²) in [6.07, 6.45) is 4.50. The van der Waals surface area contributed by atoms with E-state index in [1.165, 1.54) is 6.33 Å². The highest BCUT2D eigenvalue weighted by atomic mass is 31.2. The van der Waals surface area contributed by atoms with Crippen LogP contribution in [-0.4, -0.2) is 68.2 Å². The van der Waals surface area contributed by atoms with Crippen molar-refractivity contribution in [1.82, 2.24) is 29.7 Å². The van der Waals surface area contributed by atoms with Crippen LogP contribution in [0.2, 0.25) is 0 Å². The zero-order valence-electron chi connectivity index (χ0n) is 23.4. The first-order chi connectivity index (χ1) is 17.8. The van der Waals surface area contributed by atoms with Crippen LogP contribution in [0.1, 0.15) is 67.7 Å². The van der Waals surface area contributed by atoms with Gasteiger partial charge >= 0.3 is 11.9 Å². The topological polar surface area (TPSA) is 173 Å². The van der Waals surface area contributed by atoms with E-state index in [0.717, 1.165) is 19.3 Å². The van der Waals surface area contributed by atoms with Gasteiger partial charge in [0.25, 0.3) is 0 Å². The normalized spacial score (nSPS) is 15.3. The van der Waals surface area contributed by atoms with Crippen LogP contribution in [0, 0.1) is 0 Å². The zero-order chi connectivity index (χ0) is 28.5. The van der Waals surface area contributed by atoms with E-state index in [9.17, 15) is 14.2 Å². The number of nitrogens with one attached hydrogen (secondary N) is 2. The molecule has 0 bridgehead atoms. The fraction of sp³-hybridized carbons (Fsp3) is 0.708. The molecule has 2 rings (SSSR count). The first-order valence-electron chi connectivity index (χ1n) is 12.8. The minimum Gasteiger partial charge on any atom is -0.465 e. The number of nitrogens with zero attached hydrogens (tertiary/aromatic N) is 4. The number of carbonyl (C=O) groups excluding carboxylic acids is 2. The molecular weight excluding hydrogens is 513 g/mol. The SMILES string of the molecule is CCCCCOC(=O)[C@@H](C)N[P@](=O)(CO[C@H](C)Cn1cnc2c(N)ncnc21)NC(C)(C)C(=O)OC(C)C. The predicted molar refractivity (Wildman–Crippen MR) is 144 cm³/mol. The third kappa shape index (κ3) is 9.30. The molecule has 2 aromatic rings. The second-order valence-electron chi connectivity index (χ2n) is 10.1. The number of aromatic nitrogens is 4. The van der Waals surface area contributed by atoms with Crippen LogP contribution >= 0.6 is 7.44 Å². The smallest absolute Gasteiger partial charge is 0.326 e. The number of nitrogen functional groups attached to an aromatic ring is 1.